The number of aryl methyl sites for hydroxylation is 1. The molecule has 0 bridgehead atoms. The number of thiophene rings is 1. The molecular formula is C32H37NO9S. The Hall–Kier alpha value is -4.12. The van der Waals surface area contributed by atoms with Gasteiger partial charge in [0.2, 0.25) is 5.91 Å². The standard InChI is InChI=1S/C32H37NO9S/c1-18(31(36)37)9-24(34)29-14-21-12-27(26(41-4)15-28(21)43-29)42-8-6-5-7-20-11-22-16-33(17-23(22)13-25(20)40-3)30(35)10-19(2)32(38)39/h11-15,18-19H,5-10,16-17H2,1-4H3,(H,36,37)(H,38,39)/t18-,19-/m0/s1. The van der Waals surface area contributed by atoms with E-state index in [0.717, 1.165) is 51.8 Å². The van der Waals surface area contributed by atoms with Crippen LogP contribution < -0.4 is 14.2 Å². The average molecular weight is 612 g/mol. The summed E-state index contributed by atoms with van der Waals surface area (Å²) in [6.45, 7) is 4.41. The predicted molar refractivity (Wildman–Crippen MR) is 161 cm³/mol. The maximum Gasteiger partial charge on any atom is 0.306 e. The van der Waals surface area contributed by atoms with Crippen LogP contribution in [-0.4, -0.2) is 59.6 Å². The number of ketones is 1. The number of carboxylic acids is 2. The lowest BCUT2D eigenvalue weighted by Crippen LogP contribution is -2.28. The highest BCUT2D eigenvalue weighted by Gasteiger charge is 2.27. The molecule has 4 rings (SSSR count). The van der Waals surface area contributed by atoms with E-state index in [0.29, 0.717) is 36.1 Å². The number of unbranched alkanes of at least 4 members (excludes halogenated alkanes) is 1. The Kier molecular flexibility index (Phi) is 10.3. The van der Waals surface area contributed by atoms with Crippen LogP contribution in [0.2, 0.25) is 0 Å². The van der Waals surface area contributed by atoms with Gasteiger partial charge in [0.15, 0.2) is 17.3 Å². The van der Waals surface area contributed by atoms with E-state index in [1.165, 1.54) is 25.2 Å². The van der Waals surface area contributed by atoms with Crippen LogP contribution >= 0.6 is 11.3 Å². The van der Waals surface area contributed by atoms with E-state index in [1.54, 1.807) is 25.2 Å². The van der Waals surface area contributed by atoms with Gasteiger partial charge in [-0.2, -0.15) is 0 Å². The van der Waals surface area contributed by atoms with Crippen molar-refractivity contribution in [2.24, 2.45) is 11.8 Å². The first kappa shape index (κ1) is 31.8. The quantitative estimate of drug-likeness (QED) is 0.167. The minimum absolute atomic E-state index is 0.0250. The van der Waals surface area contributed by atoms with Gasteiger partial charge in [-0.15, -0.1) is 11.3 Å². The summed E-state index contributed by atoms with van der Waals surface area (Å²) in [5.41, 5.74) is 3.10. The Morgan fingerprint density at radius 3 is 2.14 bits per heavy atom. The zero-order valence-electron chi connectivity index (χ0n) is 24.8. The summed E-state index contributed by atoms with van der Waals surface area (Å²) in [5, 5.41) is 19.1. The Morgan fingerprint density at radius 1 is 0.837 bits per heavy atom. The lowest BCUT2D eigenvalue weighted by Gasteiger charge is -2.16. The SMILES string of the molecule is COc1cc2c(cc1CCCCOc1cc3cc(C(=O)C[C@H](C)C(=O)O)sc3cc1OC)CN(C(=O)C[C@H](C)C(=O)O)C2. The first-order chi connectivity index (χ1) is 20.5. The summed E-state index contributed by atoms with van der Waals surface area (Å²) >= 11 is 1.31. The highest BCUT2D eigenvalue weighted by molar-refractivity contribution is 7.20. The topological polar surface area (TPSA) is 140 Å². The number of hydrogen-bond donors (Lipinski definition) is 2. The summed E-state index contributed by atoms with van der Waals surface area (Å²) in [7, 11) is 3.18. The summed E-state index contributed by atoms with van der Waals surface area (Å²) in [5.74, 6) is -1.93. The minimum atomic E-state index is -0.996. The fourth-order valence-electron chi connectivity index (χ4n) is 5.04. The molecule has 0 unspecified atom stereocenters. The molecule has 0 fully saturated rings. The van der Waals surface area contributed by atoms with Crippen LogP contribution in [0, 0.1) is 11.8 Å². The first-order valence-electron chi connectivity index (χ1n) is 14.2. The highest BCUT2D eigenvalue weighted by atomic mass is 32.1. The van der Waals surface area contributed by atoms with Crippen LogP contribution in [0.1, 0.15) is 65.9 Å². The summed E-state index contributed by atoms with van der Waals surface area (Å²) in [6.07, 6.45) is 2.27. The van der Waals surface area contributed by atoms with E-state index in [2.05, 4.69) is 6.07 Å². The molecule has 0 saturated heterocycles. The minimum Gasteiger partial charge on any atom is -0.496 e. The summed E-state index contributed by atoms with van der Waals surface area (Å²) in [6, 6.07) is 9.49. The van der Waals surface area contributed by atoms with Crippen molar-refractivity contribution in [3.63, 3.8) is 0 Å². The second-order valence-electron chi connectivity index (χ2n) is 10.9. The van der Waals surface area contributed by atoms with Crippen molar-refractivity contribution in [2.45, 2.75) is 59.0 Å². The molecule has 230 valence electrons. The maximum atomic E-state index is 12.6. The molecule has 1 aliphatic heterocycles. The molecule has 2 heterocycles. The molecule has 0 spiro atoms. The number of amides is 1. The van der Waals surface area contributed by atoms with Crippen LogP contribution in [0.4, 0.5) is 0 Å². The van der Waals surface area contributed by atoms with Gasteiger partial charge in [0.05, 0.1) is 37.5 Å². The lowest BCUT2D eigenvalue weighted by atomic mass is 10.0. The van der Waals surface area contributed by atoms with Gasteiger partial charge in [0, 0.05) is 36.7 Å². The van der Waals surface area contributed by atoms with Crippen molar-refractivity contribution in [1.29, 1.82) is 0 Å². The van der Waals surface area contributed by atoms with Gasteiger partial charge in [-0.25, -0.2) is 0 Å². The lowest BCUT2D eigenvalue weighted by molar-refractivity contribution is -0.145. The molecule has 2 N–H and O–H groups in total. The number of carbonyl (C=O) groups excluding carboxylic acids is 2. The van der Waals surface area contributed by atoms with Gasteiger partial charge in [-0.05, 0) is 65.6 Å². The smallest absolute Gasteiger partial charge is 0.306 e. The summed E-state index contributed by atoms with van der Waals surface area (Å²) in [4.78, 5) is 49.7. The van der Waals surface area contributed by atoms with Gasteiger partial charge in [-0.3, -0.25) is 19.2 Å². The van der Waals surface area contributed by atoms with Crippen molar-refractivity contribution in [3.8, 4) is 17.2 Å². The normalized spacial score (nSPS) is 13.8. The second kappa shape index (κ2) is 13.9. The Labute approximate surface area is 254 Å². The Bertz CT molecular complexity index is 1530. The molecule has 2 atom stereocenters. The van der Waals surface area contributed by atoms with E-state index >= 15 is 0 Å². The second-order valence-corrected chi connectivity index (χ2v) is 12.0. The van der Waals surface area contributed by atoms with Gasteiger partial charge < -0.3 is 29.3 Å². The molecule has 0 radical (unpaired) electrons. The number of Topliss-reactive ketones (excluding diaryl/α,β-unsaturated/α-hetero) is 1. The van der Waals surface area contributed by atoms with E-state index < -0.39 is 23.8 Å². The van der Waals surface area contributed by atoms with Crippen LogP contribution in [0.15, 0.2) is 30.3 Å². The third-order valence-corrected chi connectivity index (χ3v) is 8.81. The number of methoxy groups -OCH3 is 2. The highest BCUT2D eigenvalue weighted by Crippen LogP contribution is 2.37. The van der Waals surface area contributed by atoms with Gasteiger partial charge in [0.25, 0.3) is 0 Å². The first-order valence-corrected chi connectivity index (χ1v) is 15.0. The van der Waals surface area contributed by atoms with Crippen molar-refractivity contribution in [3.05, 3.63) is 51.9 Å². The molecule has 0 aliphatic carbocycles. The largest absolute Gasteiger partial charge is 0.496 e. The van der Waals surface area contributed by atoms with E-state index in [1.807, 2.05) is 18.2 Å². The number of aliphatic carboxylic acids is 2. The van der Waals surface area contributed by atoms with Crippen LogP contribution in [0.5, 0.6) is 17.2 Å². The van der Waals surface area contributed by atoms with Gasteiger partial charge in [-0.1, -0.05) is 13.8 Å². The number of rotatable bonds is 15. The van der Waals surface area contributed by atoms with E-state index in [-0.39, 0.29) is 24.5 Å². The average Bonchev–Trinajstić information content (AvgIpc) is 3.59. The maximum absolute atomic E-state index is 12.6. The number of nitrogens with zero attached hydrogens (tertiary/aromatic N) is 1. The molecule has 10 nitrogen and oxygen atoms in total. The molecule has 1 amide bonds. The predicted octanol–water partition coefficient (Wildman–Crippen LogP) is 5.57. The molecule has 3 aromatic rings. The molecule has 43 heavy (non-hydrogen) atoms. The van der Waals surface area contributed by atoms with Gasteiger partial charge in [0.1, 0.15) is 5.75 Å². The molecule has 2 aromatic carbocycles. The third kappa shape index (κ3) is 7.64. The number of carbonyl (C=O) groups is 4. The zero-order chi connectivity index (χ0) is 31.3. The number of benzene rings is 2. The number of carboxylic acid groups (broad SMARTS) is 2. The van der Waals surface area contributed by atoms with Gasteiger partial charge >= 0.3 is 11.9 Å². The van der Waals surface area contributed by atoms with Crippen molar-refractivity contribution >= 4 is 45.1 Å². The molecule has 0 saturated carbocycles. The van der Waals surface area contributed by atoms with Crippen molar-refractivity contribution < 1.29 is 43.6 Å². The molecule has 1 aromatic heterocycles. The molecule has 1 aliphatic rings. The summed E-state index contributed by atoms with van der Waals surface area (Å²) < 4.78 is 18.1. The molecular weight excluding hydrogens is 574 g/mol. The third-order valence-electron chi connectivity index (χ3n) is 7.67. The fourth-order valence-corrected chi connectivity index (χ4v) is 6.06. The Balaban J connectivity index is 1.34. The monoisotopic (exact) mass is 611 g/mol. The number of fused-ring (bicyclic) bond motifs is 2. The Morgan fingerprint density at radius 2 is 1.49 bits per heavy atom. The fraction of sp³-hybridized carbons (Fsp3) is 0.438. The van der Waals surface area contributed by atoms with E-state index in [4.69, 9.17) is 24.4 Å². The number of hydrogen-bond acceptors (Lipinski definition) is 8. The van der Waals surface area contributed by atoms with Crippen molar-refractivity contribution in [1.82, 2.24) is 4.90 Å². The number of ether oxygens (including phenoxy) is 3. The van der Waals surface area contributed by atoms with Crippen molar-refractivity contribution in [2.75, 3.05) is 20.8 Å². The van der Waals surface area contributed by atoms with Crippen LogP contribution in [-0.2, 0) is 33.9 Å². The van der Waals surface area contributed by atoms with Crippen LogP contribution in [0.3, 0.4) is 0 Å². The zero-order valence-corrected chi connectivity index (χ0v) is 25.6. The molecule has 11 heteroatoms. The van der Waals surface area contributed by atoms with E-state index in [9.17, 15) is 19.2 Å². The van der Waals surface area contributed by atoms with Crippen LogP contribution in [0.25, 0.3) is 10.1 Å².